The number of carbonyl (C=O) groups is 2. The summed E-state index contributed by atoms with van der Waals surface area (Å²) >= 11 is 1.60. The molecule has 1 N–H and O–H groups in total. The van der Waals surface area contributed by atoms with Crippen molar-refractivity contribution in [1.29, 1.82) is 0 Å². The number of carboxylic acid groups (broad SMARTS) is 1. The average Bonchev–Trinajstić information content (AvgIpc) is 2.81. The van der Waals surface area contributed by atoms with Gasteiger partial charge in [0.2, 0.25) is 0 Å². The molecule has 4 heteroatoms. The third kappa shape index (κ3) is 2.41. The predicted octanol–water partition coefficient (Wildman–Crippen LogP) is 2.89. The molecule has 1 unspecified atom stereocenters. The van der Waals surface area contributed by atoms with E-state index in [2.05, 4.69) is 0 Å². The minimum atomic E-state index is -1.11. The van der Waals surface area contributed by atoms with Crippen molar-refractivity contribution in [3.63, 3.8) is 0 Å². The van der Waals surface area contributed by atoms with Gasteiger partial charge in [0.25, 0.3) is 0 Å². The van der Waals surface area contributed by atoms with Crippen molar-refractivity contribution < 1.29 is 14.7 Å². The van der Waals surface area contributed by atoms with Crippen LogP contribution in [0, 0.1) is 5.41 Å². The van der Waals surface area contributed by atoms with Crippen LogP contribution in [0.1, 0.15) is 37.7 Å². The molecule has 1 aromatic heterocycles. The number of Topliss-reactive ketones (excluding diaryl/α,β-unsaturated/α-hetero) is 1. The summed E-state index contributed by atoms with van der Waals surface area (Å²) in [5, 5.41) is 13.4. The Balaban J connectivity index is 2.11. The highest BCUT2D eigenvalue weighted by Gasteiger charge is 2.46. The van der Waals surface area contributed by atoms with E-state index in [9.17, 15) is 14.7 Å². The molecule has 0 amide bonds. The van der Waals surface area contributed by atoms with E-state index in [-0.39, 0.29) is 5.78 Å². The van der Waals surface area contributed by atoms with E-state index in [0.717, 1.165) is 18.4 Å². The molecule has 0 radical (unpaired) electrons. The van der Waals surface area contributed by atoms with Gasteiger partial charge in [0.1, 0.15) is 11.2 Å². The number of thiophene rings is 1. The number of carboxylic acids is 1. The van der Waals surface area contributed by atoms with Crippen molar-refractivity contribution in [2.45, 2.75) is 38.5 Å². The van der Waals surface area contributed by atoms with E-state index in [1.807, 2.05) is 16.8 Å². The fourth-order valence-corrected chi connectivity index (χ4v) is 3.18. The second-order valence-electron chi connectivity index (χ2n) is 4.65. The lowest BCUT2D eigenvalue weighted by Gasteiger charge is -2.31. The van der Waals surface area contributed by atoms with Gasteiger partial charge in [-0.25, -0.2) is 0 Å². The molecule has 92 valence electrons. The van der Waals surface area contributed by atoms with Crippen molar-refractivity contribution in [1.82, 2.24) is 0 Å². The Hall–Kier alpha value is -1.16. The molecule has 0 aliphatic heterocycles. The topological polar surface area (TPSA) is 54.4 Å². The monoisotopic (exact) mass is 252 g/mol. The molecule has 17 heavy (non-hydrogen) atoms. The van der Waals surface area contributed by atoms with Gasteiger partial charge in [-0.3, -0.25) is 9.59 Å². The normalized spacial score (nSPS) is 24.8. The Morgan fingerprint density at radius 1 is 1.47 bits per heavy atom. The first-order chi connectivity index (χ1) is 8.15. The molecule has 1 heterocycles. The van der Waals surface area contributed by atoms with E-state index in [1.54, 1.807) is 11.3 Å². The van der Waals surface area contributed by atoms with E-state index < -0.39 is 11.4 Å². The molecule has 1 saturated carbocycles. The van der Waals surface area contributed by atoms with Crippen molar-refractivity contribution in [3.05, 3.63) is 22.4 Å². The molecule has 3 nitrogen and oxygen atoms in total. The summed E-state index contributed by atoms with van der Waals surface area (Å²) < 4.78 is 0. The lowest BCUT2D eigenvalue weighted by molar-refractivity contribution is -0.157. The second kappa shape index (κ2) is 5.00. The van der Waals surface area contributed by atoms with E-state index in [1.165, 1.54) is 0 Å². The van der Waals surface area contributed by atoms with Gasteiger partial charge < -0.3 is 5.11 Å². The van der Waals surface area contributed by atoms with Crippen molar-refractivity contribution in [3.8, 4) is 0 Å². The maximum absolute atomic E-state index is 11.9. The molecule has 0 bridgehead atoms. The van der Waals surface area contributed by atoms with Gasteiger partial charge in [-0.2, -0.15) is 11.3 Å². The maximum atomic E-state index is 11.9. The molecule has 1 aromatic rings. The summed E-state index contributed by atoms with van der Waals surface area (Å²) in [5.74, 6) is -1.01. The standard InChI is InChI=1S/C13H16O3S/c14-11-3-1-2-6-13(11,12(15)16)7-4-10-5-8-17-9-10/h5,8-9H,1-4,6-7H2,(H,15,16). The molecule has 1 aliphatic carbocycles. The largest absolute Gasteiger partial charge is 0.480 e. The highest BCUT2D eigenvalue weighted by atomic mass is 32.1. The Morgan fingerprint density at radius 3 is 2.88 bits per heavy atom. The Kier molecular flexibility index (Phi) is 3.62. The fourth-order valence-electron chi connectivity index (χ4n) is 2.48. The summed E-state index contributed by atoms with van der Waals surface area (Å²) in [6.07, 6.45) is 3.74. The molecule has 2 rings (SSSR count). The van der Waals surface area contributed by atoms with Crippen molar-refractivity contribution >= 4 is 23.1 Å². The van der Waals surface area contributed by atoms with Crippen LogP contribution in [0.5, 0.6) is 0 Å². The van der Waals surface area contributed by atoms with Crippen LogP contribution in [0.15, 0.2) is 16.8 Å². The second-order valence-corrected chi connectivity index (χ2v) is 5.43. The van der Waals surface area contributed by atoms with Crippen molar-refractivity contribution in [2.24, 2.45) is 5.41 Å². The van der Waals surface area contributed by atoms with E-state index >= 15 is 0 Å². The summed E-state index contributed by atoms with van der Waals surface area (Å²) in [6.45, 7) is 0. The van der Waals surface area contributed by atoms with Crippen LogP contribution in [0.2, 0.25) is 0 Å². The van der Waals surface area contributed by atoms with Gasteiger partial charge in [0, 0.05) is 6.42 Å². The van der Waals surface area contributed by atoms with E-state index in [4.69, 9.17) is 0 Å². The first-order valence-electron chi connectivity index (χ1n) is 5.93. The average molecular weight is 252 g/mol. The van der Waals surface area contributed by atoms with Crippen LogP contribution >= 0.6 is 11.3 Å². The van der Waals surface area contributed by atoms with Crippen LogP contribution in [0.4, 0.5) is 0 Å². The minimum absolute atomic E-state index is 0.0773. The maximum Gasteiger partial charge on any atom is 0.317 e. The minimum Gasteiger partial charge on any atom is -0.480 e. The SMILES string of the molecule is O=C(O)C1(CCc2ccsc2)CCCCC1=O. The summed E-state index contributed by atoms with van der Waals surface area (Å²) in [7, 11) is 0. The molecule has 0 spiro atoms. The first kappa shape index (κ1) is 12.3. The molecule has 1 atom stereocenters. The number of aliphatic carboxylic acids is 1. The summed E-state index contributed by atoms with van der Waals surface area (Å²) in [6, 6.07) is 1.99. The Bertz CT molecular complexity index is 410. The van der Waals surface area contributed by atoms with Crippen LogP contribution in [0.3, 0.4) is 0 Å². The quantitative estimate of drug-likeness (QED) is 0.838. The molecular formula is C13H16O3S. The van der Waals surface area contributed by atoms with Crippen LogP contribution in [-0.4, -0.2) is 16.9 Å². The van der Waals surface area contributed by atoms with Crippen molar-refractivity contribution in [2.75, 3.05) is 0 Å². The molecule has 1 fully saturated rings. The summed E-state index contributed by atoms with van der Waals surface area (Å²) in [4.78, 5) is 23.4. The zero-order valence-electron chi connectivity index (χ0n) is 9.65. The Morgan fingerprint density at radius 2 is 2.29 bits per heavy atom. The zero-order chi connectivity index (χ0) is 12.3. The molecule has 1 aliphatic rings. The summed E-state index contributed by atoms with van der Waals surface area (Å²) in [5.41, 5.74) is 0.0224. The lowest BCUT2D eigenvalue weighted by Crippen LogP contribution is -2.42. The third-order valence-electron chi connectivity index (χ3n) is 3.62. The number of hydrogen-bond acceptors (Lipinski definition) is 3. The van der Waals surface area contributed by atoms with Crippen LogP contribution in [0.25, 0.3) is 0 Å². The predicted molar refractivity (Wildman–Crippen MR) is 66.2 cm³/mol. The zero-order valence-corrected chi connectivity index (χ0v) is 10.5. The van der Waals surface area contributed by atoms with Gasteiger partial charge in [-0.1, -0.05) is 6.42 Å². The number of ketones is 1. The number of carbonyl (C=O) groups excluding carboxylic acids is 1. The number of hydrogen-bond donors (Lipinski definition) is 1. The number of aryl methyl sites for hydroxylation is 1. The first-order valence-corrected chi connectivity index (χ1v) is 6.87. The molecular weight excluding hydrogens is 236 g/mol. The van der Waals surface area contributed by atoms with Crippen LogP contribution < -0.4 is 0 Å². The molecule has 0 aromatic carbocycles. The van der Waals surface area contributed by atoms with Gasteiger partial charge in [-0.15, -0.1) is 0 Å². The highest BCUT2D eigenvalue weighted by molar-refractivity contribution is 7.07. The highest BCUT2D eigenvalue weighted by Crippen LogP contribution is 2.37. The molecule has 0 saturated heterocycles. The fraction of sp³-hybridized carbons (Fsp3) is 0.538. The number of rotatable bonds is 4. The van der Waals surface area contributed by atoms with Gasteiger partial charge >= 0.3 is 5.97 Å². The Labute approximate surface area is 104 Å². The van der Waals surface area contributed by atoms with Crippen LogP contribution in [-0.2, 0) is 16.0 Å². The van der Waals surface area contributed by atoms with Gasteiger partial charge in [0.05, 0.1) is 0 Å². The van der Waals surface area contributed by atoms with E-state index in [0.29, 0.717) is 25.7 Å². The smallest absolute Gasteiger partial charge is 0.317 e. The van der Waals surface area contributed by atoms with Gasteiger partial charge in [0.15, 0.2) is 0 Å². The van der Waals surface area contributed by atoms with Gasteiger partial charge in [-0.05, 0) is 48.1 Å². The lowest BCUT2D eigenvalue weighted by atomic mass is 9.70. The third-order valence-corrected chi connectivity index (χ3v) is 4.35.